The Bertz CT molecular complexity index is 1420. The van der Waals surface area contributed by atoms with Crippen molar-refractivity contribution in [2.24, 2.45) is 0 Å². The van der Waals surface area contributed by atoms with Crippen LogP contribution in [0.4, 0.5) is 4.39 Å². The largest absolute Gasteiger partial charge is 0.493 e. The SMILES string of the molecule is COc1ccc2cc1OCC(=O)N[C@@H]1CN(C(=O)c3ccncc3)CC[C@H]1Oc1cc(F)cc(c1)CNC(=O)CC2. The number of hydrogen-bond acceptors (Lipinski definition) is 7. The molecule has 10 nitrogen and oxygen atoms in total. The lowest BCUT2D eigenvalue weighted by Gasteiger charge is -2.39. The third kappa shape index (κ3) is 7.10. The molecule has 0 saturated carbocycles. The van der Waals surface area contributed by atoms with E-state index in [-0.39, 0.29) is 43.7 Å². The molecule has 4 bridgehead atoms. The Balaban J connectivity index is 1.41. The van der Waals surface area contributed by atoms with E-state index in [0.717, 1.165) is 5.56 Å². The van der Waals surface area contributed by atoms with Gasteiger partial charge in [-0.1, -0.05) is 6.07 Å². The number of aromatic nitrogens is 1. The maximum Gasteiger partial charge on any atom is 0.258 e. The van der Waals surface area contributed by atoms with Crippen molar-refractivity contribution in [3.8, 4) is 17.2 Å². The second kappa shape index (κ2) is 12.7. The van der Waals surface area contributed by atoms with E-state index in [1.54, 1.807) is 47.6 Å². The summed E-state index contributed by atoms with van der Waals surface area (Å²) >= 11 is 0. The first-order chi connectivity index (χ1) is 19.9. The number of halogens is 1. The van der Waals surface area contributed by atoms with Crippen LogP contribution in [0, 0.1) is 5.82 Å². The molecule has 2 aliphatic heterocycles. The highest BCUT2D eigenvalue weighted by Crippen LogP contribution is 2.29. The van der Waals surface area contributed by atoms with Crippen molar-refractivity contribution in [2.45, 2.75) is 38.0 Å². The van der Waals surface area contributed by atoms with Gasteiger partial charge in [-0.15, -0.1) is 0 Å². The van der Waals surface area contributed by atoms with E-state index in [2.05, 4.69) is 15.6 Å². The van der Waals surface area contributed by atoms with Crippen LogP contribution >= 0.6 is 0 Å². The number of methoxy groups -OCH3 is 1. The maximum absolute atomic E-state index is 14.5. The Hall–Kier alpha value is -4.67. The molecule has 0 spiro atoms. The number of ether oxygens (including phenoxy) is 3. The van der Waals surface area contributed by atoms with E-state index in [1.807, 2.05) is 6.07 Å². The van der Waals surface area contributed by atoms with Crippen LogP contribution < -0.4 is 24.8 Å². The number of carbonyl (C=O) groups is 3. The number of fused-ring (bicyclic) bond motifs is 5. The van der Waals surface area contributed by atoms with Crippen molar-refractivity contribution in [2.75, 3.05) is 26.8 Å². The normalized spacial score (nSPS) is 19.7. The molecular formula is C30H31FN4O6. The molecule has 214 valence electrons. The summed E-state index contributed by atoms with van der Waals surface area (Å²) in [6, 6.07) is 12.2. The fourth-order valence-electron chi connectivity index (χ4n) is 4.97. The topological polar surface area (TPSA) is 119 Å². The number of benzene rings is 2. The van der Waals surface area contributed by atoms with Gasteiger partial charge in [-0.2, -0.15) is 0 Å². The molecule has 1 aromatic heterocycles. The highest BCUT2D eigenvalue weighted by molar-refractivity contribution is 5.94. The third-order valence-electron chi connectivity index (χ3n) is 7.05. The molecule has 2 aromatic carbocycles. The van der Waals surface area contributed by atoms with Crippen LogP contribution in [-0.4, -0.2) is 66.6 Å². The van der Waals surface area contributed by atoms with Gasteiger partial charge in [0, 0.05) is 56.5 Å². The summed E-state index contributed by atoms with van der Waals surface area (Å²) in [5.41, 5.74) is 1.86. The fourth-order valence-corrected chi connectivity index (χ4v) is 4.97. The Morgan fingerprint density at radius 2 is 1.88 bits per heavy atom. The predicted molar refractivity (Wildman–Crippen MR) is 146 cm³/mol. The molecule has 1 fully saturated rings. The Morgan fingerprint density at radius 3 is 2.68 bits per heavy atom. The molecule has 0 radical (unpaired) electrons. The van der Waals surface area contributed by atoms with Gasteiger partial charge in [0.1, 0.15) is 17.7 Å². The number of likely N-dealkylation sites (tertiary alicyclic amines) is 1. The third-order valence-corrected chi connectivity index (χ3v) is 7.05. The standard InChI is InChI=1S/C30H31FN4O6/c1-39-26-4-2-19-3-5-28(36)33-16-20-12-22(31)15-23(13-20)41-25-8-11-35(30(38)21-6-9-32-10-7-21)17-24(25)34-29(37)18-40-27(26)14-19/h2,4,6-7,9-10,12-15,24-25H,3,5,8,11,16-18H2,1H3,(H,33,36)(H,34,37)/t24-,25-/m1/s1. The number of piperidine rings is 1. The maximum atomic E-state index is 14.5. The Labute approximate surface area is 236 Å². The molecular weight excluding hydrogens is 531 g/mol. The van der Waals surface area contributed by atoms with Crippen LogP contribution in [0.25, 0.3) is 0 Å². The lowest BCUT2D eigenvalue weighted by Crippen LogP contribution is -2.58. The number of hydrogen-bond donors (Lipinski definition) is 2. The summed E-state index contributed by atoms with van der Waals surface area (Å²) in [5, 5.41) is 5.77. The van der Waals surface area contributed by atoms with Crippen LogP contribution in [0.15, 0.2) is 60.9 Å². The summed E-state index contributed by atoms with van der Waals surface area (Å²) in [7, 11) is 1.50. The number of nitrogens with zero attached hydrogens (tertiary/aromatic N) is 2. The summed E-state index contributed by atoms with van der Waals surface area (Å²) in [5.74, 6) is -0.222. The molecule has 3 heterocycles. The van der Waals surface area contributed by atoms with Crippen molar-refractivity contribution in [1.82, 2.24) is 20.5 Å². The zero-order valence-electron chi connectivity index (χ0n) is 22.6. The highest BCUT2D eigenvalue weighted by atomic mass is 19.1. The van der Waals surface area contributed by atoms with E-state index in [4.69, 9.17) is 14.2 Å². The summed E-state index contributed by atoms with van der Waals surface area (Å²) in [6.45, 7) is 0.362. The van der Waals surface area contributed by atoms with Crippen LogP contribution in [-0.2, 0) is 22.6 Å². The average Bonchev–Trinajstić information content (AvgIpc) is 2.98. The first kappa shape index (κ1) is 27.9. The summed E-state index contributed by atoms with van der Waals surface area (Å²) in [6.07, 6.45) is 3.57. The average molecular weight is 563 g/mol. The monoisotopic (exact) mass is 562 g/mol. The molecule has 1 saturated heterocycles. The molecule has 0 unspecified atom stereocenters. The molecule has 2 atom stereocenters. The number of carbonyl (C=O) groups excluding carboxylic acids is 3. The van der Waals surface area contributed by atoms with Gasteiger partial charge in [-0.05, 0) is 53.9 Å². The first-order valence-electron chi connectivity index (χ1n) is 13.4. The number of nitrogens with one attached hydrogen (secondary N) is 2. The van der Waals surface area contributed by atoms with Crippen molar-refractivity contribution in [3.63, 3.8) is 0 Å². The van der Waals surface area contributed by atoms with E-state index >= 15 is 0 Å². The second-order valence-corrected chi connectivity index (χ2v) is 9.95. The summed E-state index contributed by atoms with van der Waals surface area (Å²) in [4.78, 5) is 44.4. The van der Waals surface area contributed by atoms with Gasteiger partial charge in [-0.25, -0.2) is 4.39 Å². The van der Waals surface area contributed by atoms with Gasteiger partial charge in [0.05, 0.1) is 13.2 Å². The van der Waals surface area contributed by atoms with Crippen molar-refractivity contribution in [1.29, 1.82) is 0 Å². The molecule has 11 heteroatoms. The second-order valence-electron chi connectivity index (χ2n) is 9.95. The zero-order valence-corrected chi connectivity index (χ0v) is 22.6. The molecule has 3 aromatic rings. The number of pyridine rings is 1. The molecule has 2 N–H and O–H groups in total. The van der Waals surface area contributed by atoms with Crippen molar-refractivity contribution >= 4 is 17.7 Å². The Kier molecular flexibility index (Phi) is 8.61. The van der Waals surface area contributed by atoms with E-state index in [9.17, 15) is 18.8 Å². The van der Waals surface area contributed by atoms with Gasteiger partial charge < -0.3 is 29.7 Å². The van der Waals surface area contributed by atoms with Crippen molar-refractivity contribution < 1.29 is 33.0 Å². The van der Waals surface area contributed by atoms with Crippen molar-refractivity contribution in [3.05, 3.63) is 83.4 Å². The fraction of sp³-hybridized carbons (Fsp3) is 0.333. The molecule has 5 rings (SSSR count). The first-order valence-corrected chi connectivity index (χ1v) is 13.4. The lowest BCUT2D eigenvalue weighted by atomic mass is 10.0. The van der Waals surface area contributed by atoms with Gasteiger partial charge in [0.25, 0.3) is 11.8 Å². The highest BCUT2D eigenvalue weighted by Gasteiger charge is 2.34. The smallest absolute Gasteiger partial charge is 0.258 e. The van der Waals surface area contributed by atoms with E-state index in [0.29, 0.717) is 42.0 Å². The van der Waals surface area contributed by atoms with E-state index < -0.39 is 23.9 Å². The number of aryl methyl sites for hydroxylation is 1. The number of amides is 3. The lowest BCUT2D eigenvalue weighted by molar-refractivity contribution is -0.125. The Morgan fingerprint density at radius 1 is 1.05 bits per heavy atom. The van der Waals surface area contributed by atoms with Gasteiger partial charge in [-0.3, -0.25) is 19.4 Å². The molecule has 3 amide bonds. The summed E-state index contributed by atoms with van der Waals surface area (Å²) < 4.78 is 31.9. The quantitative estimate of drug-likeness (QED) is 0.493. The van der Waals surface area contributed by atoms with Crippen LogP contribution in [0.2, 0.25) is 0 Å². The molecule has 41 heavy (non-hydrogen) atoms. The van der Waals surface area contributed by atoms with Crippen LogP contribution in [0.3, 0.4) is 0 Å². The minimum atomic E-state index is -0.607. The predicted octanol–water partition coefficient (Wildman–Crippen LogP) is 2.65. The van der Waals surface area contributed by atoms with Gasteiger partial charge in [0.15, 0.2) is 18.1 Å². The number of rotatable bonds is 2. The van der Waals surface area contributed by atoms with Gasteiger partial charge >= 0.3 is 0 Å². The minimum absolute atomic E-state index is 0.128. The van der Waals surface area contributed by atoms with Crippen LogP contribution in [0.1, 0.15) is 34.3 Å². The minimum Gasteiger partial charge on any atom is -0.493 e. The molecule has 0 aliphatic carbocycles. The van der Waals surface area contributed by atoms with E-state index in [1.165, 1.54) is 19.2 Å². The van der Waals surface area contributed by atoms with Gasteiger partial charge in [0.2, 0.25) is 5.91 Å². The molecule has 2 aliphatic rings. The zero-order chi connectivity index (χ0) is 28.8. The van der Waals surface area contributed by atoms with Crippen LogP contribution in [0.5, 0.6) is 17.2 Å².